The van der Waals surface area contributed by atoms with Crippen LogP contribution in [0.5, 0.6) is 0 Å². The van der Waals surface area contributed by atoms with Crippen molar-refractivity contribution in [3.8, 4) is 10.6 Å². The molecule has 7 heteroatoms. The van der Waals surface area contributed by atoms with Gasteiger partial charge in [0, 0.05) is 42.7 Å². The average molecular weight is 468 g/mol. The van der Waals surface area contributed by atoms with Crippen molar-refractivity contribution < 1.29 is 9.59 Å². The van der Waals surface area contributed by atoms with E-state index in [1.54, 1.807) is 0 Å². The fourth-order valence-electron chi connectivity index (χ4n) is 3.77. The lowest BCUT2D eigenvalue weighted by atomic mass is 10.0. The summed E-state index contributed by atoms with van der Waals surface area (Å²) in [4.78, 5) is 33.9. The van der Waals surface area contributed by atoms with Gasteiger partial charge in [0.2, 0.25) is 5.91 Å². The molecule has 2 aromatic carbocycles. The van der Waals surface area contributed by atoms with Crippen molar-refractivity contribution in [3.05, 3.63) is 75.8 Å². The van der Waals surface area contributed by atoms with Crippen LogP contribution in [0.4, 0.5) is 0 Å². The number of hydrogen-bond acceptors (Lipinski definition) is 4. The van der Waals surface area contributed by atoms with E-state index >= 15 is 0 Å². The Morgan fingerprint density at radius 2 is 1.66 bits per heavy atom. The maximum Gasteiger partial charge on any atom is 0.253 e. The second-order valence-electron chi connectivity index (χ2n) is 8.25. The van der Waals surface area contributed by atoms with Crippen LogP contribution in [0, 0.1) is 0 Å². The third-order valence-corrected chi connectivity index (χ3v) is 6.99. The van der Waals surface area contributed by atoms with Gasteiger partial charge in [0.1, 0.15) is 5.01 Å². The molecule has 1 fully saturated rings. The number of benzene rings is 2. The molecule has 0 spiro atoms. The summed E-state index contributed by atoms with van der Waals surface area (Å²) in [6.45, 7) is 6.43. The molecule has 0 atom stereocenters. The molecule has 1 aliphatic rings. The number of piperazine rings is 1. The van der Waals surface area contributed by atoms with Crippen LogP contribution in [0.2, 0.25) is 5.02 Å². The quantitative estimate of drug-likeness (QED) is 0.523. The topological polar surface area (TPSA) is 53.5 Å². The summed E-state index contributed by atoms with van der Waals surface area (Å²) in [7, 11) is 0. The van der Waals surface area contributed by atoms with Crippen LogP contribution in [-0.2, 0) is 11.2 Å². The number of hydrogen-bond donors (Lipinski definition) is 0. The van der Waals surface area contributed by atoms with E-state index in [-0.39, 0.29) is 18.2 Å². The number of rotatable bonds is 5. The van der Waals surface area contributed by atoms with Gasteiger partial charge in [0.15, 0.2) is 0 Å². The molecule has 5 nitrogen and oxygen atoms in total. The fourth-order valence-corrected chi connectivity index (χ4v) is 4.91. The molecule has 3 aromatic rings. The summed E-state index contributed by atoms with van der Waals surface area (Å²) in [5, 5.41) is 3.38. The predicted octanol–water partition coefficient (Wildman–Crippen LogP) is 5.11. The summed E-state index contributed by atoms with van der Waals surface area (Å²) >= 11 is 7.75. The molecule has 0 bridgehead atoms. The molecule has 0 saturated carbocycles. The molecule has 2 amide bonds. The Bertz CT molecular complexity index is 1100. The van der Waals surface area contributed by atoms with Gasteiger partial charge in [0.25, 0.3) is 5.91 Å². The SMILES string of the molecule is CC(C)c1ccc(C(=O)N2CCN(C(=O)Cc3csc(-c4ccccc4Cl)n3)CC2)cc1. The maximum absolute atomic E-state index is 12.8. The average Bonchev–Trinajstić information content (AvgIpc) is 3.27. The molecule has 1 saturated heterocycles. The van der Waals surface area contributed by atoms with Crippen LogP contribution in [0.15, 0.2) is 53.9 Å². The summed E-state index contributed by atoms with van der Waals surface area (Å²) in [5.74, 6) is 0.498. The van der Waals surface area contributed by atoms with E-state index in [1.807, 2.05) is 63.7 Å². The first-order valence-electron chi connectivity index (χ1n) is 10.8. The highest BCUT2D eigenvalue weighted by Gasteiger charge is 2.25. The zero-order valence-corrected chi connectivity index (χ0v) is 19.8. The van der Waals surface area contributed by atoms with Gasteiger partial charge in [-0.2, -0.15) is 0 Å². The molecule has 0 aliphatic carbocycles. The van der Waals surface area contributed by atoms with Gasteiger partial charge in [-0.15, -0.1) is 11.3 Å². The number of amides is 2. The van der Waals surface area contributed by atoms with E-state index in [0.29, 0.717) is 42.7 Å². The summed E-state index contributed by atoms with van der Waals surface area (Å²) in [6.07, 6.45) is 0.256. The highest BCUT2D eigenvalue weighted by Crippen LogP contribution is 2.30. The van der Waals surface area contributed by atoms with Crippen molar-refractivity contribution in [1.82, 2.24) is 14.8 Å². The Labute approximate surface area is 197 Å². The zero-order valence-electron chi connectivity index (χ0n) is 18.3. The van der Waals surface area contributed by atoms with E-state index in [9.17, 15) is 9.59 Å². The highest BCUT2D eigenvalue weighted by atomic mass is 35.5. The van der Waals surface area contributed by atoms with Crippen molar-refractivity contribution in [3.63, 3.8) is 0 Å². The number of carbonyl (C=O) groups is 2. The van der Waals surface area contributed by atoms with Gasteiger partial charge in [0.05, 0.1) is 17.1 Å². The standard InChI is InChI=1S/C25H26ClN3O2S/c1-17(2)18-7-9-19(10-8-18)25(31)29-13-11-28(12-14-29)23(30)15-20-16-32-24(27-20)21-5-3-4-6-22(21)26/h3-10,16-17H,11-15H2,1-2H3. The van der Waals surface area contributed by atoms with Crippen LogP contribution in [0.1, 0.15) is 41.4 Å². The number of carbonyl (C=O) groups excluding carboxylic acids is 2. The minimum absolute atomic E-state index is 0.0243. The van der Waals surface area contributed by atoms with E-state index in [1.165, 1.54) is 16.9 Å². The van der Waals surface area contributed by atoms with Gasteiger partial charge >= 0.3 is 0 Å². The molecule has 32 heavy (non-hydrogen) atoms. The third-order valence-electron chi connectivity index (χ3n) is 5.73. The Morgan fingerprint density at radius 1 is 1.00 bits per heavy atom. The first-order chi connectivity index (χ1) is 15.4. The van der Waals surface area contributed by atoms with Crippen LogP contribution in [-0.4, -0.2) is 52.8 Å². The first kappa shape index (κ1) is 22.5. The third kappa shape index (κ3) is 5.03. The minimum atomic E-state index is 0.0243. The van der Waals surface area contributed by atoms with Crippen LogP contribution < -0.4 is 0 Å². The molecular weight excluding hydrogens is 442 g/mol. The number of halogens is 1. The highest BCUT2D eigenvalue weighted by molar-refractivity contribution is 7.13. The van der Waals surface area contributed by atoms with Gasteiger partial charge in [-0.3, -0.25) is 9.59 Å². The van der Waals surface area contributed by atoms with Gasteiger partial charge in [-0.1, -0.05) is 55.8 Å². The molecule has 0 radical (unpaired) electrons. The van der Waals surface area contributed by atoms with Crippen LogP contribution >= 0.6 is 22.9 Å². The lowest BCUT2D eigenvalue weighted by Gasteiger charge is -2.34. The first-order valence-corrected chi connectivity index (χ1v) is 12.0. The predicted molar refractivity (Wildman–Crippen MR) is 129 cm³/mol. The van der Waals surface area contributed by atoms with Crippen molar-refractivity contribution in [2.75, 3.05) is 26.2 Å². The smallest absolute Gasteiger partial charge is 0.253 e. The molecule has 166 valence electrons. The molecule has 0 N–H and O–H groups in total. The van der Waals surface area contributed by atoms with Crippen molar-refractivity contribution in [1.29, 1.82) is 0 Å². The molecule has 1 aromatic heterocycles. The van der Waals surface area contributed by atoms with E-state index in [4.69, 9.17) is 11.6 Å². The summed E-state index contributed by atoms with van der Waals surface area (Å²) < 4.78 is 0. The molecule has 4 rings (SSSR count). The molecule has 2 heterocycles. The van der Waals surface area contributed by atoms with Gasteiger partial charge in [-0.05, 0) is 29.7 Å². The molecular formula is C25H26ClN3O2S. The fraction of sp³-hybridized carbons (Fsp3) is 0.320. The normalized spacial score (nSPS) is 14.1. The largest absolute Gasteiger partial charge is 0.339 e. The van der Waals surface area contributed by atoms with Crippen molar-refractivity contribution in [2.45, 2.75) is 26.2 Å². The monoisotopic (exact) mass is 467 g/mol. The van der Waals surface area contributed by atoms with Crippen LogP contribution in [0.3, 0.4) is 0 Å². The van der Waals surface area contributed by atoms with Gasteiger partial charge < -0.3 is 9.80 Å². The zero-order chi connectivity index (χ0) is 22.7. The summed E-state index contributed by atoms with van der Waals surface area (Å²) in [5.41, 5.74) is 3.55. The lowest BCUT2D eigenvalue weighted by Crippen LogP contribution is -2.51. The second kappa shape index (κ2) is 9.84. The van der Waals surface area contributed by atoms with Gasteiger partial charge in [-0.25, -0.2) is 4.98 Å². The number of aromatic nitrogens is 1. The Balaban J connectivity index is 1.32. The molecule has 1 aliphatic heterocycles. The van der Waals surface area contributed by atoms with Crippen molar-refractivity contribution >= 4 is 34.8 Å². The lowest BCUT2D eigenvalue weighted by molar-refractivity contribution is -0.132. The summed E-state index contributed by atoms with van der Waals surface area (Å²) in [6, 6.07) is 15.4. The molecule has 0 unspecified atom stereocenters. The minimum Gasteiger partial charge on any atom is -0.339 e. The number of nitrogens with zero attached hydrogens (tertiary/aromatic N) is 3. The van der Waals surface area contributed by atoms with E-state index < -0.39 is 0 Å². The van der Waals surface area contributed by atoms with Crippen molar-refractivity contribution in [2.24, 2.45) is 0 Å². The Hall–Kier alpha value is -2.70. The van der Waals surface area contributed by atoms with E-state index in [0.717, 1.165) is 16.3 Å². The van der Waals surface area contributed by atoms with Crippen LogP contribution in [0.25, 0.3) is 10.6 Å². The number of thiazole rings is 1. The van der Waals surface area contributed by atoms with E-state index in [2.05, 4.69) is 18.8 Å². The maximum atomic E-state index is 12.8. The Morgan fingerprint density at radius 3 is 2.31 bits per heavy atom. The Kier molecular flexibility index (Phi) is 6.92. The second-order valence-corrected chi connectivity index (χ2v) is 9.52.